The first-order valence-corrected chi connectivity index (χ1v) is 9.27. The number of halogens is 1. The number of nitrogens with zero attached hydrogens (tertiary/aromatic N) is 4. The average molecular weight is 383 g/mol. The summed E-state index contributed by atoms with van der Waals surface area (Å²) >= 11 is 1.57. The van der Waals surface area contributed by atoms with E-state index >= 15 is 0 Å². The van der Waals surface area contributed by atoms with Crippen molar-refractivity contribution in [2.75, 3.05) is 7.11 Å². The second-order valence-corrected chi connectivity index (χ2v) is 7.02. The number of thiazole rings is 1. The van der Waals surface area contributed by atoms with E-state index in [0.717, 1.165) is 38.9 Å². The monoisotopic (exact) mass is 383 g/mol. The van der Waals surface area contributed by atoms with Crippen LogP contribution in [0.5, 0.6) is 0 Å². The standard InChI is InChI=1S/C19H18FN5OS/c1-12-19(27-11-22-12)18-17(13-3-5-14(20)6-4-13)21-10-25(18)8-15-7-16(9-26-2)24-23-15/h3-7,10-11H,8-9H2,1-2H3,(H,23,24). The highest BCUT2D eigenvalue weighted by Crippen LogP contribution is 2.35. The first kappa shape index (κ1) is 17.6. The van der Waals surface area contributed by atoms with Crippen LogP contribution in [0, 0.1) is 12.7 Å². The Morgan fingerprint density at radius 3 is 2.74 bits per heavy atom. The molecule has 4 aromatic rings. The molecule has 0 fully saturated rings. The molecule has 0 radical (unpaired) electrons. The largest absolute Gasteiger partial charge is 0.378 e. The lowest BCUT2D eigenvalue weighted by atomic mass is 10.1. The normalized spacial score (nSPS) is 11.2. The summed E-state index contributed by atoms with van der Waals surface area (Å²) in [6.45, 7) is 3.02. The fourth-order valence-electron chi connectivity index (χ4n) is 2.98. The Morgan fingerprint density at radius 1 is 1.22 bits per heavy atom. The minimum Gasteiger partial charge on any atom is -0.378 e. The Bertz CT molecular complexity index is 1050. The Labute approximate surface area is 159 Å². The van der Waals surface area contributed by atoms with Crippen LogP contribution in [0.15, 0.2) is 42.2 Å². The van der Waals surface area contributed by atoms with Crippen LogP contribution in [-0.4, -0.2) is 31.8 Å². The van der Waals surface area contributed by atoms with Gasteiger partial charge in [0.15, 0.2) is 0 Å². The highest BCUT2D eigenvalue weighted by atomic mass is 32.1. The predicted octanol–water partition coefficient (Wildman–Crippen LogP) is 4.04. The van der Waals surface area contributed by atoms with Crippen LogP contribution < -0.4 is 0 Å². The highest BCUT2D eigenvalue weighted by Gasteiger charge is 2.19. The van der Waals surface area contributed by atoms with Gasteiger partial charge in [0.05, 0.1) is 58.3 Å². The molecule has 0 unspecified atom stereocenters. The average Bonchev–Trinajstić information content (AvgIpc) is 3.37. The number of hydrogen-bond donors (Lipinski definition) is 1. The van der Waals surface area contributed by atoms with E-state index in [1.54, 1.807) is 36.9 Å². The van der Waals surface area contributed by atoms with Crippen molar-refractivity contribution in [3.8, 4) is 21.8 Å². The smallest absolute Gasteiger partial charge is 0.123 e. The summed E-state index contributed by atoms with van der Waals surface area (Å²) in [4.78, 5) is 10.0. The third kappa shape index (κ3) is 3.54. The van der Waals surface area contributed by atoms with Crippen LogP contribution in [0.1, 0.15) is 17.1 Å². The summed E-state index contributed by atoms with van der Waals surface area (Å²) in [5, 5.41) is 7.29. The maximum Gasteiger partial charge on any atom is 0.123 e. The van der Waals surface area contributed by atoms with E-state index in [1.165, 1.54) is 12.1 Å². The SMILES string of the molecule is COCc1cc(Cn2cnc(-c3ccc(F)cc3)c2-c2scnc2C)[nH]n1. The van der Waals surface area contributed by atoms with Crippen molar-refractivity contribution in [2.45, 2.75) is 20.1 Å². The fraction of sp³-hybridized carbons (Fsp3) is 0.211. The zero-order chi connectivity index (χ0) is 18.8. The van der Waals surface area contributed by atoms with Gasteiger partial charge < -0.3 is 9.30 Å². The Morgan fingerprint density at radius 2 is 2.04 bits per heavy atom. The van der Waals surface area contributed by atoms with Crippen LogP contribution >= 0.6 is 11.3 Å². The summed E-state index contributed by atoms with van der Waals surface area (Å²) in [6, 6.07) is 8.36. The molecule has 0 saturated carbocycles. The molecule has 1 aromatic carbocycles. The van der Waals surface area contributed by atoms with Crippen molar-refractivity contribution in [2.24, 2.45) is 0 Å². The molecule has 0 atom stereocenters. The van der Waals surface area contributed by atoms with Gasteiger partial charge in [0.1, 0.15) is 5.82 Å². The number of aryl methyl sites for hydroxylation is 1. The van der Waals surface area contributed by atoms with Crippen LogP contribution in [0.3, 0.4) is 0 Å². The van der Waals surface area contributed by atoms with Crippen LogP contribution in [0.2, 0.25) is 0 Å². The molecule has 0 aliphatic carbocycles. The van der Waals surface area contributed by atoms with Crippen LogP contribution in [0.4, 0.5) is 4.39 Å². The number of ether oxygens (including phenoxy) is 1. The van der Waals surface area contributed by atoms with Crippen LogP contribution in [-0.2, 0) is 17.9 Å². The number of aromatic amines is 1. The van der Waals surface area contributed by atoms with E-state index in [1.807, 2.05) is 18.5 Å². The Hall–Kier alpha value is -2.84. The molecule has 27 heavy (non-hydrogen) atoms. The van der Waals surface area contributed by atoms with Crippen molar-refractivity contribution in [1.29, 1.82) is 0 Å². The van der Waals surface area contributed by atoms with Gasteiger partial charge in [-0.3, -0.25) is 5.10 Å². The van der Waals surface area contributed by atoms with E-state index in [0.29, 0.717) is 13.2 Å². The topological polar surface area (TPSA) is 68.6 Å². The molecule has 0 bridgehead atoms. The molecule has 6 nitrogen and oxygen atoms in total. The number of nitrogens with one attached hydrogen (secondary N) is 1. The second kappa shape index (κ2) is 7.42. The van der Waals surface area contributed by atoms with Gasteiger partial charge in [-0.05, 0) is 37.3 Å². The van der Waals surface area contributed by atoms with E-state index in [2.05, 4.69) is 24.7 Å². The number of rotatable bonds is 6. The molecule has 3 aromatic heterocycles. The lowest BCUT2D eigenvalue weighted by molar-refractivity contribution is 0.181. The molecule has 0 amide bonds. The summed E-state index contributed by atoms with van der Waals surface area (Å²) < 4.78 is 20.5. The summed E-state index contributed by atoms with van der Waals surface area (Å²) in [7, 11) is 1.64. The number of H-pyrrole nitrogens is 1. The molecule has 0 aliphatic rings. The minimum absolute atomic E-state index is 0.267. The molecule has 0 spiro atoms. The third-order valence-electron chi connectivity index (χ3n) is 4.23. The van der Waals surface area contributed by atoms with Crippen molar-refractivity contribution in [3.63, 3.8) is 0 Å². The summed E-state index contributed by atoms with van der Waals surface area (Å²) in [6.07, 6.45) is 1.80. The highest BCUT2D eigenvalue weighted by molar-refractivity contribution is 7.13. The number of aromatic nitrogens is 5. The zero-order valence-electron chi connectivity index (χ0n) is 14.9. The fourth-order valence-corrected chi connectivity index (χ4v) is 3.85. The van der Waals surface area contributed by atoms with Crippen molar-refractivity contribution in [1.82, 2.24) is 24.7 Å². The van der Waals surface area contributed by atoms with E-state index < -0.39 is 0 Å². The van der Waals surface area contributed by atoms with Crippen molar-refractivity contribution >= 4 is 11.3 Å². The molecule has 3 heterocycles. The second-order valence-electron chi connectivity index (χ2n) is 6.16. The zero-order valence-corrected chi connectivity index (χ0v) is 15.8. The van der Waals surface area contributed by atoms with Gasteiger partial charge in [-0.2, -0.15) is 5.10 Å². The molecular formula is C19H18FN5OS. The number of benzene rings is 1. The third-order valence-corrected chi connectivity index (χ3v) is 5.17. The first-order chi connectivity index (χ1) is 13.2. The van der Waals surface area contributed by atoms with Gasteiger partial charge in [0.2, 0.25) is 0 Å². The predicted molar refractivity (Wildman–Crippen MR) is 102 cm³/mol. The van der Waals surface area contributed by atoms with Gasteiger partial charge in [0, 0.05) is 12.7 Å². The van der Waals surface area contributed by atoms with Crippen LogP contribution in [0.25, 0.3) is 21.8 Å². The molecular weight excluding hydrogens is 365 g/mol. The molecule has 0 saturated heterocycles. The van der Waals surface area contributed by atoms with E-state index in [9.17, 15) is 4.39 Å². The van der Waals surface area contributed by atoms with Gasteiger partial charge in [-0.25, -0.2) is 14.4 Å². The number of imidazole rings is 1. The Kier molecular flexibility index (Phi) is 4.83. The molecule has 138 valence electrons. The van der Waals surface area contributed by atoms with E-state index in [4.69, 9.17) is 4.74 Å². The number of hydrogen-bond acceptors (Lipinski definition) is 5. The summed E-state index contributed by atoms with van der Waals surface area (Å²) in [5.41, 5.74) is 7.19. The molecule has 4 rings (SSSR count). The first-order valence-electron chi connectivity index (χ1n) is 8.39. The number of methoxy groups -OCH3 is 1. The molecule has 8 heteroatoms. The van der Waals surface area contributed by atoms with Crippen molar-refractivity contribution < 1.29 is 9.13 Å². The quantitative estimate of drug-likeness (QED) is 0.546. The Balaban J connectivity index is 1.77. The van der Waals surface area contributed by atoms with Gasteiger partial charge in [-0.15, -0.1) is 11.3 Å². The lowest BCUT2D eigenvalue weighted by Gasteiger charge is -2.09. The maximum atomic E-state index is 13.3. The molecule has 0 aliphatic heterocycles. The van der Waals surface area contributed by atoms with E-state index in [-0.39, 0.29) is 5.82 Å². The van der Waals surface area contributed by atoms with Gasteiger partial charge in [0.25, 0.3) is 0 Å². The lowest BCUT2D eigenvalue weighted by Crippen LogP contribution is -2.01. The van der Waals surface area contributed by atoms with Gasteiger partial charge in [-0.1, -0.05) is 0 Å². The molecule has 1 N–H and O–H groups in total. The van der Waals surface area contributed by atoms with Gasteiger partial charge >= 0.3 is 0 Å². The van der Waals surface area contributed by atoms with Crippen molar-refractivity contribution in [3.05, 3.63) is 65.1 Å². The maximum absolute atomic E-state index is 13.3. The minimum atomic E-state index is -0.267. The summed E-state index contributed by atoms with van der Waals surface area (Å²) in [5.74, 6) is -0.267.